The van der Waals surface area contributed by atoms with Crippen molar-refractivity contribution in [3.05, 3.63) is 167 Å². The lowest BCUT2D eigenvalue weighted by Crippen LogP contribution is -2.08. The van der Waals surface area contributed by atoms with Gasteiger partial charge in [0.05, 0.1) is 24.3 Å². The van der Waals surface area contributed by atoms with Gasteiger partial charge in [0.25, 0.3) is 0 Å². The van der Waals surface area contributed by atoms with Gasteiger partial charge in [-0.25, -0.2) is 18.4 Å². The molecule has 0 spiro atoms. The number of rotatable bonds is 33. The molecule has 0 amide bonds. The van der Waals surface area contributed by atoms with Gasteiger partial charge in [0.2, 0.25) is 0 Å². The van der Waals surface area contributed by atoms with Crippen molar-refractivity contribution in [1.82, 2.24) is 0 Å². The van der Waals surface area contributed by atoms with E-state index in [1.165, 1.54) is 96.3 Å². The summed E-state index contributed by atoms with van der Waals surface area (Å²) in [5.41, 5.74) is 5.76. The maximum atomic E-state index is 14.7. The van der Waals surface area contributed by atoms with E-state index in [4.69, 9.17) is 18.9 Å². The molecule has 0 N–H and O–H groups in total. The molecule has 0 bridgehead atoms. The molecule has 0 aliphatic rings. The van der Waals surface area contributed by atoms with E-state index < -0.39 is 11.9 Å². The van der Waals surface area contributed by atoms with Crippen molar-refractivity contribution < 1.29 is 37.3 Å². The van der Waals surface area contributed by atoms with E-state index in [0.717, 1.165) is 96.2 Å². The summed E-state index contributed by atoms with van der Waals surface area (Å²) in [4.78, 5) is 25.2. The SMILES string of the molecule is CCCCCCCCCc1ccc(-c2ccc(C(=O)Oc3ccc(OCCCCCC)cc3)cc2)cc1F.CCCCCCCCc1ccc(-c2ccc(C(=O)Oc3ccc(OCCCCCC)cc3)cc2)cc1F. The van der Waals surface area contributed by atoms with Crippen LogP contribution in [0.4, 0.5) is 8.78 Å². The summed E-state index contributed by atoms with van der Waals surface area (Å²) in [6, 6.07) is 39.3. The zero-order chi connectivity index (χ0) is 53.3. The number of halogens is 2. The van der Waals surface area contributed by atoms with Gasteiger partial charge < -0.3 is 18.9 Å². The molecule has 0 radical (unpaired) electrons. The summed E-state index contributed by atoms with van der Waals surface area (Å²) in [6.07, 6.45) is 26.5. The summed E-state index contributed by atoms with van der Waals surface area (Å²) in [5, 5.41) is 0. The number of carbonyl (C=O) groups is 2. The number of hydrogen-bond acceptors (Lipinski definition) is 6. The molecule has 0 atom stereocenters. The van der Waals surface area contributed by atoms with Crippen LogP contribution < -0.4 is 18.9 Å². The number of ether oxygens (including phenoxy) is 4. The van der Waals surface area contributed by atoms with Gasteiger partial charge in [-0.1, -0.05) is 185 Å². The molecule has 6 nitrogen and oxygen atoms in total. The molecule has 75 heavy (non-hydrogen) atoms. The predicted octanol–water partition coefficient (Wildman–Crippen LogP) is 19.5. The molecule has 0 heterocycles. The predicted molar refractivity (Wildman–Crippen MR) is 305 cm³/mol. The Hall–Kier alpha value is -6.28. The van der Waals surface area contributed by atoms with Gasteiger partial charge >= 0.3 is 11.9 Å². The Morgan fingerprint density at radius 2 is 0.627 bits per heavy atom. The number of benzene rings is 6. The maximum Gasteiger partial charge on any atom is 0.343 e. The Morgan fingerprint density at radius 3 is 0.960 bits per heavy atom. The smallest absolute Gasteiger partial charge is 0.343 e. The maximum absolute atomic E-state index is 14.7. The first-order valence-corrected chi connectivity index (χ1v) is 28.4. The molecule has 0 aromatic heterocycles. The summed E-state index contributed by atoms with van der Waals surface area (Å²) < 4.78 is 51.9. The van der Waals surface area contributed by atoms with Gasteiger partial charge in [0, 0.05) is 0 Å². The largest absolute Gasteiger partial charge is 0.494 e. The van der Waals surface area contributed by atoms with Crippen molar-refractivity contribution in [2.24, 2.45) is 0 Å². The quantitative estimate of drug-likeness (QED) is 0.0232. The lowest BCUT2D eigenvalue weighted by atomic mass is 9.99. The van der Waals surface area contributed by atoms with Gasteiger partial charge in [-0.05, 0) is 157 Å². The molecular formula is C67H84F2O6. The number of unbranched alkanes of at least 4 members (excludes halogenated alkanes) is 17. The average molecular weight is 1020 g/mol. The second-order valence-electron chi connectivity index (χ2n) is 19.7. The Labute approximate surface area is 448 Å². The highest BCUT2D eigenvalue weighted by Crippen LogP contribution is 2.27. The fourth-order valence-corrected chi connectivity index (χ4v) is 8.80. The van der Waals surface area contributed by atoms with Crippen molar-refractivity contribution in [3.63, 3.8) is 0 Å². The van der Waals surface area contributed by atoms with Crippen molar-refractivity contribution in [1.29, 1.82) is 0 Å². The molecule has 6 aromatic carbocycles. The highest BCUT2D eigenvalue weighted by molar-refractivity contribution is 5.92. The summed E-state index contributed by atoms with van der Waals surface area (Å²) in [7, 11) is 0. The first kappa shape index (κ1) is 59.6. The minimum absolute atomic E-state index is 0.162. The second kappa shape index (κ2) is 35.1. The van der Waals surface area contributed by atoms with E-state index in [2.05, 4.69) is 27.7 Å². The van der Waals surface area contributed by atoms with Crippen LogP contribution in [-0.2, 0) is 12.8 Å². The van der Waals surface area contributed by atoms with Crippen LogP contribution in [0.25, 0.3) is 22.3 Å². The van der Waals surface area contributed by atoms with E-state index in [0.29, 0.717) is 35.8 Å². The van der Waals surface area contributed by atoms with Gasteiger partial charge in [0.15, 0.2) is 0 Å². The molecule has 0 aliphatic carbocycles. The van der Waals surface area contributed by atoms with Crippen molar-refractivity contribution in [3.8, 4) is 45.3 Å². The summed E-state index contributed by atoms with van der Waals surface area (Å²) in [6.45, 7) is 10.2. The van der Waals surface area contributed by atoms with Gasteiger partial charge in [-0.3, -0.25) is 0 Å². The van der Waals surface area contributed by atoms with Crippen molar-refractivity contribution in [2.45, 2.75) is 175 Å². The van der Waals surface area contributed by atoms with Crippen LogP contribution in [0.2, 0.25) is 0 Å². The van der Waals surface area contributed by atoms with Crippen LogP contribution in [0.1, 0.15) is 194 Å². The number of hydrogen-bond donors (Lipinski definition) is 0. The fraction of sp³-hybridized carbons (Fsp3) is 0.433. The van der Waals surface area contributed by atoms with Crippen molar-refractivity contribution in [2.75, 3.05) is 13.2 Å². The van der Waals surface area contributed by atoms with Gasteiger partial charge in [0.1, 0.15) is 34.6 Å². The van der Waals surface area contributed by atoms with Crippen LogP contribution in [-0.4, -0.2) is 25.2 Å². The lowest BCUT2D eigenvalue weighted by molar-refractivity contribution is 0.0725. The van der Waals surface area contributed by atoms with E-state index in [1.54, 1.807) is 60.7 Å². The summed E-state index contributed by atoms with van der Waals surface area (Å²) in [5.74, 6) is 1.29. The minimum Gasteiger partial charge on any atom is -0.494 e. The van der Waals surface area contributed by atoms with E-state index in [-0.39, 0.29) is 11.6 Å². The number of aryl methyl sites for hydroxylation is 2. The Morgan fingerprint density at radius 1 is 0.333 bits per heavy atom. The molecule has 0 unspecified atom stereocenters. The van der Waals surface area contributed by atoms with Crippen LogP contribution in [0, 0.1) is 11.6 Å². The van der Waals surface area contributed by atoms with E-state index in [1.807, 2.05) is 72.8 Å². The topological polar surface area (TPSA) is 71.1 Å². The van der Waals surface area contributed by atoms with Crippen LogP contribution >= 0.6 is 0 Å². The third-order valence-corrected chi connectivity index (χ3v) is 13.5. The molecule has 6 rings (SSSR count). The number of esters is 2. The molecule has 0 saturated heterocycles. The normalized spacial score (nSPS) is 10.9. The Bertz CT molecular complexity index is 2520. The van der Waals surface area contributed by atoms with Crippen LogP contribution in [0.5, 0.6) is 23.0 Å². The molecule has 0 fully saturated rings. The third kappa shape index (κ3) is 22.2. The first-order chi connectivity index (χ1) is 36.7. The Balaban J connectivity index is 0.000000277. The average Bonchev–Trinajstić information content (AvgIpc) is 3.43. The monoisotopic (exact) mass is 1020 g/mol. The minimum atomic E-state index is -0.430. The van der Waals surface area contributed by atoms with Crippen LogP contribution in [0.15, 0.2) is 133 Å². The van der Waals surface area contributed by atoms with E-state index in [9.17, 15) is 18.4 Å². The third-order valence-electron chi connectivity index (χ3n) is 13.5. The lowest BCUT2D eigenvalue weighted by Gasteiger charge is -2.09. The molecule has 8 heteroatoms. The second-order valence-corrected chi connectivity index (χ2v) is 19.7. The molecule has 0 aliphatic heterocycles. The fourth-order valence-electron chi connectivity index (χ4n) is 8.80. The first-order valence-electron chi connectivity index (χ1n) is 28.4. The summed E-state index contributed by atoms with van der Waals surface area (Å²) >= 11 is 0. The zero-order valence-corrected chi connectivity index (χ0v) is 45.6. The van der Waals surface area contributed by atoms with Gasteiger partial charge in [-0.15, -0.1) is 0 Å². The van der Waals surface area contributed by atoms with Crippen LogP contribution in [0.3, 0.4) is 0 Å². The molecular weight excluding hydrogens is 939 g/mol. The van der Waals surface area contributed by atoms with Gasteiger partial charge in [-0.2, -0.15) is 0 Å². The molecule has 402 valence electrons. The highest BCUT2D eigenvalue weighted by atomic mass is 19.1. The molecule has 6 aromatic rings. The van der Waals surface area contributed by atoms with E-state index >= 15 is 0 Å². The Kier molecular flexibility index (Phi) is 27.9. The highest BCUT2D eigenvalue weighted by Gasteiger charge is 2.13. The number of carbonyl (C=O) groups excluding carboxylic acids is 2. The van der Waals surface area contributed by atoms with Crippen molar-refractivity contribution >= 4 is 11.9 Å². The standard InChI is InChI=1S/C34H43FO3.C33H41FO3/c1-3-5-7-9-10-11-12-14-28-17-20-30(26-33(28)35)27-15-18-29(19-16-27)34(36)38-32-23-21-31(22-24-32)37-25-13-8-6-4-2;1-3-5-7-9-10-11-13-27-16-19-29(25-32(27)34)26-14-17-28(18-15-26)33(35)37-31-22-20-30(21-23-31)36-24-12-8-6-4-2/h15-24,26H,3-14,25H2,1-2H3;14-23,25H,3-13,24H2,1-2H3. The molecule has 0 saturated carbocycles. The zero-order valence-electron chi connectivity index (χ0n) is 45.6.